The van der Waals surface area contributed by atoms with Crippen LogP contribution in [0.2, 0.25) is 0 Å². The molecule has 0 saturated carbocycles. The van der Waals surface area contributed by atoms with Gasteiger partial charge in [-0.1, -0.05) is 0 Å². The number of hydrogen-bond acceptors (Lipinski definition) is 7. The number of nitro benzene ring substituents is 1. The van der Waals surface area contributed by atoms with Crippen LogP contribution in [0.1, 0.15) is 5.56 Å². The summed E-state index contributed by atoms with van der Waals surface area (Å²) in [6.07, 6.45) is 1.29. The average molecular weight is 290 g/mol. The number of nitro groups is 2. The van der Waals surface area contributed by atoms with Crippen LogP contribution in [0, 0.1) is 20.2 Å². The maximum Gasteiger partial charge on any atom is 0.406 e. The predicted molar refractivity (Wildman–Crippen MR) is 72.7 cm³/mol. The van der Waals surface area contributed by atoms with E-state index in [-0.39, 0.29) is 23.7 Å². The number of nitrogens with two attached hydrogens (primary N) is 1. The highest BCUT2D eigenvalue weighted by Crippen LogP contribution is 2.26. The summed E-state index contributed by atoms with van der Waals surface area (Å²) in [4.78, 5) is 23.8. The maximum absolute atomic E-state index is 10.8. The number of anilines is 1. The first-order valence-electron chi connectivity index (χ1n) is 5.74. The molecule has 0 fully saturated rings. The minimum atomic E-state index is -0.653. The van der Waals surface area contributed by atoms with Crippen LogP contribution < -0.4 is 10.5 Å². The van der Waals surface area contributed by atoms with Crippen LogP contribution in [0.3, 0.4) is 0 Å². The Balaban J connectivity index is 2.16. The molecule has 0 amide bonds. The van der Waals surface area contributed by atoms with E-state index in [1.54, 1.807) is 0 Å². The largest absolute Gasteiger partial charge is 0.481 e. The van der Waals surface area contributed by atoms with Crippen molar-refractivity contribution in [3.63, 3.8) is 0 Å². The molecule has 0 atom stereocenters. The monoisotopic (exact) mass is 290 g/mol. The first-order chi connectivity index (χ1) is 9.99. The van der Waals surface area contributed by atoms with Gasteiger partial charge in [0.1, 0.15) is 18.5 Å². The molecular formula is C12H10N4O5. The molecule has 0 spiro atoms. The molecule has 21 heavy (non-hydrogen) atoms. The lowest BCUT2D eigenvalue weighted by Crippen LogP contribution is -2.02. The van der Waals surface area contributed by atoms with Crippen molar-refractivity contribution in [2.24, 2.45) is 0 Å². The Bertz CT molecular complexity index is 704. The SMILES string of the molecule is Nc1cc(COc2cccnc2[N+](=O)[O-])ccc1[N+](=O)[O-]. The molecule has 0 radical (unpaired) electrons. The third kappa shape index (κ3) is 3.21. The van der Waals surface area contributed by atoms with E-state index in [1.165, 1.54) is 36.5 Å². The van der Waals surface area contributed by atoms with Crippen molar-refractivity contribution in [1.29, 1.82) is 0 Å². The van der Waals surface area contributed by atoms with Crippen LogP contribution in [0.25, 0.3) is 0 Å². The van der Waals surface area contributed by atoms with Crippen molar-refractivity contribution >= 4 is 17.2 Å². The van der Waals surface area contributed by atoms with Crippen LogP contribution in [-0.2, 0) is 6.61 Å². The second-order valence-corrected chi connectivity index (χ2v) is 4.02. The lowest BCUT2D eigenvalue weighted by atomic mass is 10.2. The lowest BCUT2D eigenvalue weighted by Gasteiger charge is -2.07. The van der Waals surface area contributed by atoms with Crippen LogP contribution in [-0.4, -0.2) is 14.8 Å². The van der Waals surface area contributed by atoms with Crippen molar-refractivity contribution in [3.05, 3.63) is 62.3 Å². The van der Waals surface area contributed by atoms with Gasteiger partial charge in [0.15, 0.2) is 0 Å². The van der Waals surface area contributed by atoms with E-state index in [0.717, 1.165) is 0 Å². The third-order valence-corrected chi connectivity index (χ3v) is 2.61. The molecule has 9 nitrogen and oxygen atoms in total. The smallest absolute Gasteiger partial charge is 0.406 e. The lowest BCUT2D eigenvalue weighted by molar-refractivity contribution is -0.390. The molecule has 9 heteroatoms. The van der Waals surface area contributed by atoms with E-state index in [0.29, 0.717) is 5.56 Å². The standard InChI is InChI=1S/C12H10N4O5/c13-9-6-8(3-4-10(9)15(17)18)7-21-11-2-1-5-14-12(11)16(19)20/h1-6H,7,13H2. The molecule has 2 N–H and O–H groups in total. The predicted octanol–water partition coefficient (Wildman–Crippen LogP) is 2.06. The Morgan fingerprint density at radius 2 is 1.95 bits per heavy atom. The summed E-state index contributed by atoms with van der Waals surface area (Å²) in [5.74, 6) is -0.383. The summed E-state index contributed by atoms with van der Waals surface area (Å²) in [5.41, 5.74) is 5.90. The molecule has 0 unspecified atom stereocenters. The topological polar surface area (TPSA) is 134 Å². The van der Waals surface area contributed by atoms with Gasteiger partial charge < -0.3 is 20.6 Å². The molecule has 0 aliphatic carbocycles. The average Bonchev–Trinajstić information content (AvgIpc) is 2.45. The normalized spacial score (nSPS) is 10.1. The van der Waals surface area contributed by atoms with E-state index < -0.39 is 15.7 Å². The minimum absolute atomic E-state index is 0.00165. The van der Waals surface area contributed by atoms with Crippen molar-refractivity contribution in [2.75, 3.05) is 5.73 Å². The number of nitrogens with zero attached hydrogens (tertiary/aromatic N) is 3. The highest BCUT2D eigenvalue weighted by molar-refractivity contribution is 5.59. The highest BCUT2D eigenvalue weighted by Gasteiger charge is 2.16. The van der Waals surface area contributed by atoms with Crippen LogP contribution in [0.15, 0.2) is 36.5 Å². The summed E-state index contributed by atoms with van der Waals surface area (Å²) in [5, 5.41) is 21.4. The molecule has 0 aliphatic rings. The summed E-state index contributed by atoms with van der Waals surface area (Å²) >= 11 is 0. The molecule has 0 saturated heterocycles. The van der Waals surface area contributed by atoms with Crippen LogP contribution >= 0.6 is 0 Å². The number of rotatable bonds is 5. The Labute approximate surface area is 118 Å². The second-order valence-electron chi connectivity index (χ2n) is 4.02. The minimum Gasteiger partial charge on any atom is -0.481 e. The van der Waals surface area contributed by atoms with Gasteiger partial charge in [0.05, 0.1) is 4.92 Å². The van der Waals surface area contributed by atoms with Gasteiger partial charge in [0.25, 0.3) is 5.69 Å². The van der Waals surface area contributed by atoms with E-state index in [4.69, 9.17) is 10.5 Å². The molecule has 1 heterocycles. The third-order valence-electron chi connectivity index (χ3n) is 2.61. The zero-order chi connectivity index (χ0) is 15.4. The van der Waals surface area contributed by atoms with Gasteiger partial charge in [-0.15, -0.1) is 0 Å². The summed E-state index contributed by atoms with van der Waals surface area (Å²) < 4.78 is 5.31. The fourth-order valence-electron chi connectivity index (χ4n) is 1.65. The Morgan fingerprint density at radius 1 is 1.19 bits per heavy atom. The summed E-state index contributed by atoms with van der Waals surface area (Å²) in [6, 6.07) is 7.04. The molecule has 108 valence electrons. The van der Waals surface area contributed by atoms with Crippen molar-refractivity contribution in [2.45, 2.75) is 6.61 Å². The molecule has 2 aromatic rings. The fourth-order valence-corrected chi connectivity index (χ4v) is 1.65. The number of pyridine rings is 1. The number of nitrogen functional groups attached to an aromatic ring is 1. The van der Waals surface area contributed by atoms with Crippen LogP contribution in [0.5, 0.6) is 5.75 Å². The Kier molecular flexibility index (Phi) is 3.93. The van der Waals surface area contributed by atoms with Crippen molar-refractivity contribution in [3.8, 4) is 5.75 Å². The highest BCUT2D eigenvalue weighted by atomic mass is 16.6. The van der Waals surface area contributed by atoms with Gasteiger partial charge in [-0.3, -0.25) is 10.1 Å². The van der Waals surface area contributed by atoms with Gasteiger partial charge in [-0.25, -0.2) is 0 Å². The number of aromatic nitrogens is 1. The fraction of sp³-hybridized carbons (Fsp3) is 0.0833. The Hall–Kier alpha value is -3.23. The van der Waals surface area contributed by atoms with Gasteiger partial charge in [-0.05, 0) is 39.7 Å². The maximum atomic E-state index is 10.8. The van der Waals surface area contributed by atoms with Gasteiger partial charge in [0, 0.05) is 6.07 Å². The molecule has 0 aliphatic heterocycles. The van der Waals surface area contributed by atoms with Crippen LogP contribution in [0.4, 0.5) is 17.2 Å². The first kappa shape index (κ1) is 14.2. The molecule has 1 aromatic carbocycles. The Morgan fingerprint density at radius 3 is 2.57 bits per heavy atom. The van der Waals surface area contributed by atoms with Gasteiger partial charge in [-0.2, -0.15) is 0 Å². The molecular weight excluding hydrogens is 280 g/mol. The first-order valence-corrected chi connectivity index (χ1v) is 5.74. The summed E-state index contributed by atoms with van der Waals surface area (Å²) in [6.45, 7) is -0.0191. The van der Waals surface area contributed by atoms with Crippen molar-refractivity contribution < 1.29 is 14.6 Å². The summed E-state index contributed by atoms with van der Waals surface area (Å²) in [7, 11) is 0. The van der Waals surface area contributed by atoms with Crippen molar-refractivity contribution in [1.82, 2.24) is 4.98 Å². The van der Waals surface area contributed by atoms with Gasteiger partial charge >= 0.3 is 5.82 Å². The second kappa shape index (κ2) is 5.82. The number of benzene rings is 1. The van der Waals surface area contributed by atoms with E-state index >= 15 is 0 Å². The zero-order valence-electron chi connectivity index (χ0n) is 10.6. The molecule has 2 rings (SSSR count). The quantitative estimate of drug-likeness (QED) is 0.505. The number of hydrogen-bond donors (Lipinski definition) is 1. The van der Waals surface area contributed by atoms with E-state index in [9.17, 15) is 20.2 Å². The molecule has 0 bridgehead atoms. The van der Waals surface area contributed by atoms with Gasteiger partial charge in [0.2, 0.25) is 5.75 Å². The van der Waals surface area contributed by atoms with E-state index in [1.807, 2.05) is 0 Å². The zero-order valence-corrected chi connectivity index (χ0v) is 10.6. The molecule has 1 aromatic heterocycles. The number of ether oxygens (including phenoxy) is 1. The van der Waals surface area contributed by atoms with E-state index in [2.05, 4.69) is 4.98 Å².